The van der Waals surface area contributed by atoms with Gasteiger partial charge in [-0.15, -0.1) is 0 Å². The fourth-order valence-electron chi connectivity index (χ4n) is 2.16. The minimum absolute atomic E-state index is 0.226. The van der Waals surface area contributed by atoms with Gasteiger partial charge in [0, 0.05) is 18.8 Å². The summed E-state index contributed by atoms with van der Waals surface area (Å²) in [7, 11) is -3.54. The lowest BCUT2D eigenvalue weighted by Crippen LogP contribution is -2.38. The number of sulfonamides is 1. The Morgan fingerprint density at radius 2 is 2.16 bits per heavy atom. The molecule has 104 valence electrons. The molecule has 0 unspecified atom stereocenters. The van der Waals surface area contributed by atoms with Crippen LogP contribution in [0.3, 0.4) is 0 Å². The third-order valence-electron chi connectivity index (χ3n) is 3.24. The SMILES string of the molecule is Nc1cccc2c1CN(S(=O)(=O)CCC(=O)O)CC2. The maximum absolute atomic E-state index is 12.0. The molecule has 0 fully saturated rings. The zero-order valence-electron chi connectivity index (χ0n) is 10.4. The minimum atomic E-state index is -3.54. The molecule has 1 heterocycles. The summed E-state index contributed by atoms with van der Waals surface area (Å²) in [6.45, 7) is 0.600. The van der Waals surface area contributed by atoms with Gasteiger partial charge in [0.15, 0.2) is 0 Å². The van der Waals surface area contributed by atoms with Crippen LogP contribution in [0, 0.1) is 0 Å². The first-order valence-electron chi connectivity index (χ1n) is 5.96. The largest absolute Gasteiger partial charge is 0.481 e. The van der Waals surface area contributed by atoms with Crippen LogP contribution in [-0.2, 0) is 27.8 Å². The molecule has 6 nitrogen and oxygen atoms in total. The Hall–Kier alpha value is -1.60. The Bertz CT molecular complexity index is 598. The van der Waals surface area contributed by atoms with Crippen molar-refractivity contribution in [2.24, 2.45) is 0 Å². The highest BCUT2D eigenvalue weighted by Gasteiger charge is 2.27. The van der Waals surface area contributed by atoms with Gasteiger partial charge in [-0.1, -0.05) is 12.1 Å². The van der Waals surface area contributed by atoms with E-state index in [2.05, 4.69) is 0 Å². The van der Waals surface area contributed by atoms with Crippen LogP contribution >= 0.6 is 0 Å². The molecule has 1 aliphatic rings. The van der Waals surface area contributed by atoms with Crippen molar-refractivity contribution < 1.29 is 18.3 Å². The van der Waals surface area contributed by atoms with E-state index < -0.39 is 16.0 Å². The van der Waals surface area contributed by atoms with E-state index in [-0.39, 0.29) is 18.7 Å². The second-order valence-corrected chi connectivity index (χ2v) is 6.62. The zero-order valence-corrected chi connectivity index (χ0v) is 11.2. The fraction of sp³-hybridized carbons (Fsp3) is 0.417. The fourth-order valence-corrected chi connectivity index (χ4v) is 3.55. The first-order chi connectivity index (χ1) is 8.90. The lowest BCUT2D eigenvalue weighted by molar-refractivity contribution is -0.136. The van der Waals surface area contributed by atoms with Crippen molar-refractivity contribution in [1.82, 2.24) is 4.31 Å². The Morgan fingerprint density at radius 3 is 2.84 bits per heavy atom. The smallest absolute Gasteiger partial charge is 0.304 e. The van der Waals surface area contributed by atoms with E-state index in [1.54, 1.807) is 6.07 Å². The second kappa shape index (κ2) is 5.18. The molecule has 7 heteroatoms. The number of rotatable bonds is 4. The number of carbonyl (C=O) groups is 1. The van der Waals surface area contributed by atoms with Crippen LogP contribution < -0.4 is 5.73 Å². The summed E-state index contributed by atoms with van der Waals surface area (Å²) < 4.78 is 25.4. The van der Waals surface area contributed by atoms with Gasteiger partial charge in [-0.25, -0.2) is 8.42 Å². The molecule has 0 radical (unpaired) electrons. The van der Waals surface area contributed by atoms with Gasteiger partial charge in [0.05, 0.1) is 12.2 Å². The molecule has 0 saturated heterocycles. The zero-order chi connectivity index (χ0) is 14.0. The predicted molar refractivity (Wildman–Crippen MR) is 71.0 cm³/mol. The number of nitrogen functional groups attached to an aromatic ring is 1. The minimum Gasteiger partial charge on any atom is -0.481 e. The number of carboxylic acid groups (broad SMARTS) is 1. The molecule has 2 rings (SSSR count). The van der Waals surface area contributed by atoms with Gasteiger partial charge < -0.3 is 10.8 Å². The third kappa shape index (κ3) is 3.05. The quantitative estimate of drug-likeness (QED) is 0.781. The summed E-state index contributed by atoms with van der Waals surface area (Å²) in [6, 6.07) is 5.53. The van der Waals surface area contributed by atoms with Crippen molar-refractivity contribution in [1.29, 1.82) is 0 Å². The molecule has 0 aromatic heterocycles. The number of aliphatic carboxylic acids is 1. The van der Waals surface area contributed by atoms with E-state index in [9.17, 15) is 13.2 Å². The monoisotopic (exact) mass is 284 g/mol. The van der Waals surface area contributed by atoms with Gasteiger partial charge in [0.2, 0.25) is 10.0 Å². The number of nitrogens with zero attached hydrogens (tertiary/aromatic N) is 1. The van der Waals surface area contributed by atoms with E-state index in [4.69, 9.17) is 10.8 Å². The van der Waals surface area contributed by atoms with Crippen molar-refractivity contribution in [2.75, 3.05) is 18.0 Å². The predicted octanol–water partition coefficient (Wildman–Crippen LogP) is 0.431. The molecular formula is C12H16N2O4S. The van der Waals surface area contributed by atoms with E-state index in [1.165, 1.54) is 4.31 Å². The van der Waals surface area contributed by atoms with E-state index in [0.717, 1.165) is 11.1 Å². The summed E-state index contributed by atoms with van der Waals surface area (Å²) in [4.78, 5) is 10.5. The second-order valence-electron chi connectivity index (χ2n) is 4.53. The van der Waals surface area contributed by atoms with Gasteiger partial charge in [-0.2, -0.15) is 4.31 Å². The molecule has 0 atom stereocenters. The van der Waals surface area contributed by atoms with Crippen LogP contribution in [-0.4, -0.2) is 36.1 Å². The summed E-state index contributed by atoms with van der Waals surface area (Å²) in [5.41, 5.74) is 8.32. The molecule has 1 aliphatic heterocycles. The van der Waals surface area contributed by atoms with Crippen LogP contribution in [0.1, 0.15) is 17.5 Å². The molecule has 3 N–H and O–H groups in total. The van der Waals surface area contributed by atoms with Crippen LogP contribution in [0.15, 0.2) is 18.2 Å². The summed E-state index contributed by atoms with van der Waals surface area (Å²) in [5.74, 6) is -1.48. The first-order valence-corrected chi connectivity index (χ1v) is 7.57. The van der Waals surface area contributed by atoms with Crippen molar-refractivity contribution in [2.45, 2.75) is 19.4 Å². The van der Waals surface area contributed by atoms with Crippen LogP contribution in [0.4, 0.5) is 5.69 Å². The Balaban J connectivity index is 2.17. The highest BCUT2D eigenvalue weighted by Crippen LogP contribution is 2.26. The van der Waals surface area contributed by atoms with E-state index in [1.807, 2.05) is 12.1 Å². The first kappa shape index (κ1) is 13.8. The molecule has 1 aromatic carbocycles. The van der Waals surface area contributed by atoms with Crippen LogP contribution in [0.2, 0.25) is 0 Å². The van der Waals surface area contributed by atoms with Crippen LogP contribution in [0.25, 0.3) is 0 Å². The number of hydrogen-bond acceptors (Lipinski definition) is 4. The molecular weight excluding hydrogens is 268 g/mol. The number of hydrogen-bond donors (Lipinski definition) is 2. The molecule has 19 heavy (non-hydrogen) atoms. The molecule has 0 bridgehead atoms. The van der Waals surface area contributed by atoms with Gasteiger partial charge in [0.25, 0.3) is 0 Å². The van der Waals surface area contributed by atoms with Gasteiger partial charge in [-0.05, 0) is 23.6 Å². The molecule has 0 amide bonds. The highest BCUT2D eigenvalue weighted by molar-refractivity contribution is 7.89. The Labute approximate surface area is 111 Å². The number of carboxylic acids is 1. The summed E-state index contributed by atoms with van der Waals surface area (Å²) in [6.07, 6.45) is 0.225. The summed E-state index contributed by atoms with van der Waals surface area (Å²) >= 11 is 0. The van der Waals surface area contributed by atoms with Crippen LogP contribution in [0.5, 0.6) is 0 Å². The molecule has 0 aliphatic carbocycles. The van der Waals surface area contributed by atoms with Crippen molar-refractivity contribution in [3.63, 3.8) is 0 Å². The number of fused-ring (bicyclic) bond motifs is 1. The number of benzene rings is 1. The van der Waals surface area contributed by atoms with Gasteiger partial charge in [0.1, 0.15) is 0 Å². The van der Waals surface area contributed by atoms with Gasteiger partial charge in [-0.3, -0.25) is 4.79 Å². The number of nitrogens with two attached hydrogens (primary N) is 1. The topological polar surface area (TPSA) is 101 Å². The molecule has 0 spiro atoms. The lowest BCUT2D eigenvalue weighted by atomic mass is 10.00. The van der Waals surface area contributed by atoms with Crippen molar-refractivity contribution in [3.8, 4) is 0 Å². The highest BCUT2D eigenvalue weighted by atomic mass is 32.2. The van der Waals surface area contributed by atoms with E-state index in [0.29, 0.717) is 18.7 Å². The molecule has 1 aromatic rings. The van der Waals surface area contributed by atoms with Crippen molar-refractivity contribution >= 4 is 21.7 Å². The average molecular weight is 284 g/mol. The summed E-state index contributed by atoms with van der Waals surface area (Å²) in [5, 5.41) is 8.57. The maximum Gasteiger partial charge on any atom is 0.304 e. The third-order valence-corrected chi connectivity index (χ3v) is 5.06. The maximum atomic E-state index is 12.0. The average Bonchev–Trinajstić information content (AvgIpc) is 2.37. The standard InChI is InChI=1S/C12H16N2O4S/c13-11-3-1-2-9-4-6-14(8-10(9)11)19(17,18)7-5-12(15)16/h1-3H,4-8,13H2,(H,15,16). The normalized spacial score (nSPS) is 16.0. The molecule has 0 saturated carbocycles. The number of anilines is 1. The lowest BCUT2D eigenvalue weighted by Gasteiger charge is -2.28. The van der Waals surface area contributed by atoms with E-state index >= 15 is 0 Å². The van der Waals surface area contributed by atoms with Gasteiger partial charge >= 0.3 is 5.97 Å². The Kier molecular flexibility index (Phi) is 3.77. The Morgan fingerprint density at radius 1 is 1.42 bits per heavy atom. The van der Waals surface area contributed by atoms with Crippen molar-refractivity contribution in [3.05, 3.63) is 29.3 Å².